The van der Waals surface area contributed by atoms with Gasteiger partial charge in [0.15, 0.2) is 12.3 Å². The average Bonchev–Trinajstić information content (AvgIpc) is 3.52. The summed E-state index contributed by atoms with van der Waals surface area (Å²) in [6.45, 7) is 5.44. The summed E-state index contributed by atoms with van der Waals surface area (Å²) in [5.74, 6) is 1.55. The van der Waals surface area contributed by atoms with E-state index in [9.17, 15) is 14.7 Å². The quantitative estimate of drug-likeness (QED) is 0.126. The van der Waals surface area contributed by atoms with Crippen molar-refractivity contribution >= 4 is 11.6 Å². The number of methoxy groups -OCH3 is 3. The first kappa shape index (κ1) is 39.2. The maximum atomic E-state index is 14.7. The number of ether oxygens (including phenoxy) is 6. The Labute approximate surface area is 320 Å². The third-order valence-electron chi connectivity index (χ3n) is 9.35. The van der Waals surface area contributed by atoms with Crippen LogP contribution in [0.1, 0.15) is 43.7 Å². The van der Waals surface area contributed by atoms with Gasteiger partial charge in [0.25, 0.3) is 0 Å². The molecule has 1 aliphatic rings. The zero-order valence-electron chi connectivity index (χ0n) is 31.7. The topological polar surface area (TPSA) is 140 Å². The molecule has 5 atom stereocenters. The molecule has 1 aliphatic heterocycles. The van der Waals surface area contributed by atoms with Gasteiger partial charge in [0, 0.05) is 18.8 Å². The number of nitrogens with one attached hydrogen (secondary N) is 1. The summed E-state index contributed by atoms with van der Waals surface area (Å²) in [7, 11) is 4.56. The predicted octanol–water partition coefficient (Wildman–Crippen LogP) is 5.77. The van der Waals surface area contributed by atoms with E-state index in [0.29, 0.717) is 39.8 Å². The zero-order valence-corrected chi connectivity index (χ0v) is 31.7. The number of aromatic nitrogens is 2. The van der Waals surface area contributed by atoms with Crippen molar-refractivity contribution in [3.05, 3.63) is 149 Å². The highest BCUT2D eigenvalue weighted by Gasteiger charge is 2.54. The van der Waals surface area contributed by atoms with Crippen LogP contribution >= 0.6 is 0 Å². The van der Waals surface area contributed by atoms with Crippen molar-refractivity contribution < 1.29 is 38.3 Å². The van der Waals surface area contributed by atoms with Gasteiger partial charge in [-0.05, 0) is 79.9 Å². The van der Waals surface area contributed by atoms with Gasteiger partial charge < -0.3 is 38.8 Å². The number of carbonyl (C=O) groups excluding carboxylic acids is 1. The minimum atomic E-state index is -1.49. The number of anilines is 1. The van der Waals surface area contributed by atoms with Gasteiger partial charge in [-0.2, -0.15) is 4.98 Å². The fourth-order valence-corrected chi connectivity index (χ4v) is 6.75. The first-order valence-corrected chi connectivity index (χ1v) is 17.9. The van der Waals surface area contributed by atoms with Gasteiger partial charge in [-0.3, -0.25) is 9.36 Å². The van der Waals surface area contributed by atoms with Crippen molar-refractivity contribution in [2.24, 2.45) is 0 Å². The Kier molecular flexibility index (Phi) is 12.0. The van der Waals surface area contributed by atoms with Crippen molar-refractivity contribution in [2.45, 2.75) is 62.6 Å². The molecule has 288 valence electrons. The van der Waals surface area contributed by atoms with E-state index >= 15 is 0 Å². The Morgan fingerprint density at radius 2 is 1.35 bits per heavy atom. The Balaban J connectivity index is 1.49. The summed E-state index contributed by atoms with van der Waals surface area (Å²) < 4.78 is 37.8. The van der Waals surface area contributed by atoms with Crippen LogP contribution in [0.25, 0.3) is 0 Å². The van der Waals surface area contributed by atoms with Crippen molar-refractivity contribution in [2.75, 3.05) is 33.3 Å². The van der Waals surface area contributed by atoms with Crippen LogP contribution in [-0.4, -0.2) is 78.3 Å². The summed E-state index contributed by atoms with van der Waals surface area (Å²) in [4.78, 5) is 32.4. The standard InChI is InChI=1S/C43H47N3O9/c1-42(2,3)45-35-25-26-46(41(49)44-35)40-39(52-6)36(48)38(54-40)37(34(47)27-53-33-15-11-8-12-16-33)55-43(28-13-9-7-10-14-28,29-17-21-31(50-4)22-18-29)30-19-23-32(51-5)24-20-30/h7-26,36-40,48H,27H2,1-6H3,(H,44,45,49)/t36-,37?,38+,39-,40-/m1/s1. The van der Waals surface area contributed by atoms with Gasteiger partial charge in [0.05, 0.1) is 14.2 Å². The minimum absolute atomic E-state index is 0.350. The molecule has 12 heteroatoms. The number of hydrogen-bond acceptors (Lipinski definition) is 11. The van der Waals surface area contributed by atoms with Crippen LogP contribution in [0.5, 0.6) is 17.2 Å². The van der Waals surface area contributed by atoms with Gasteiger partial charge in [0.1, 0.15) is 53.6 Å². The van der Waals surface area contributed by atoms with Gasteiger partial charge in [-0.15, -0.1) is 0 Å². The highest BCUT2D eigenvalue weighted by molar-refractivity contribution is 5.85. The molecule has 12 nitrogen and oxygen atoms in total. The zero-order chi connectivity index (χ0) is 39.2. The minimum Gasteiger partial charge on any atom is -0.497 e. The van der Waals surface area contributed by atoms with Crippen LogP contribution in [0, 0.1) is 0 Å². The maximum absolute atomic E-state index is 14.7. The number of aliphatic hydroxyl groups is 1. The molecule has 1 saturated heterocycles. The molecular weight excluding hydrogens is 702 g/mol. The highest BCUT2D eigenvalue weighted by atomic mass is 16.6. The second kappa shape index (κ2) is 16.9. The summed E-state index contributed by atoms with van der Waals surface area (Å²) in [6.07, 6.45) is -5.02. The summed E-state index contributed by atoms with van der Waals surface area (Å²) in [5, 5.41) is 15.2. The molecule has 0 bridgehead atoms. The Bertz CT molecular complexity index is 2020. The number of carbonyl (C=O) groups is 1. The van der Waals surface area contributed by atoms with E-state index in [-0.39, 0.29) is 5.54 Å². The number of aliphatic hydroxyl groups excluding tert-OH is 1. The molecule has 1 unspecified atom stereocenters. The molecule has 0 saturated carbocycles. The van der Waals surface area contributed by atoms with Crippen LogP contribution in [0.2, 0.25) is 0 Å². The third-order valence-corrected chi connectivity index (χ3v) is 9.35. The third kappa shape index (κ3) is 8.58. The van der Waals surface area contributed by atoms with Gasteiger partial charge in [-0.25, -0.2) is 4.79 Å². The smallest absolute Gasteiger partial charge is 0.351 e. The lowest BCUT2D eigenvalue weighted by molar-refractivity contribution is -0.167. The molecule has 0 radical (unpaired) electrons. The molecule has 0 amide bonds. The fraction of sp³-hybridized carbons (Fsp3) is 0.326. The number of ketones is 1. The summed E-state index contributed by atoms with van der Waals surface area (Å²) in [6, 6.07) is 34.7. The Hall–Kier alpha value is -5.53. The molecule has 2 heterocycles. The van der Waals surface area contributed by atoms with E-state index < -0.39 is 54.3 Å². The van der Waals surface area contributed by atoms with E-state index in [0.717, 1.165) is 0 Å². The van der Waals surface area contributed by atoms with E-state index in [1.807, 2.05) is 106 Å². The number of Topliss-reactive ketones (excluding diaryl/α,β-unsaturated/α-hetero) is 1. The molecule has 5 aromatic rings. The van der Waals surface area contributed by atoms with E-state index in [2.05, 4.69) is 10.3 Å². The SMILES string of the molecule is COc1ccc(C(OC(C(=O)COc2ccccc2)[C@H]2O[C@@H](n3ccc(NC(C)(C)C)nc3=O)[C@H](OC)[C@@H]2O)(c2ccccc2)c2ccc(OC)cc2)cc1. The van der Waals surface area contributed by atoms with Crippen molar-refractivity contribution in [1.82, 2.24) is 9.55 Å². The Morgan fingerprint density at radius 1 is 0.800 bits per heavy atom. The molecular formula is C43H47N3O9. The predicted molar refractivity (Wildman–Crippen MR) is 207 cm³/mol. The monoisotopic (exact) mass is 749 g/mol. The fourth-order valence-electron chi connectivity index (χ4n) is 6.75. The number of benzene rings is 4. The van der Waals surface area contributed by atoms with Crippen LogP contribution in [-0.2, 0) is 24.6 Å². The molecule has 55 heavy (non-hydrogen) atoms. The lowest BCUT2D eigenvalue weighted by Gasteiger charge is -2.40. The van der Waals surface area contributed by atoms with Crippen LogP contribution in [0.3, 0.4) is 0 Å². The molecule has 0 aliphatic carbocycles. The molecule has 2 N–H and O–H groups in total. The lowest BCUT2D eigenvalue weighted by atomic mass is 9.79. The van der Waals surface area contributed by atoms with Crippen LogP contribution in [0.15, 0.2) is 126 Å². The van der Waals surface area contributed by atoms with E-state index in [1.54, 1.807) is 44.6 Å². The average molecular weight is 750 g/mol. The maximum Gasteiger partial charge on any atom is 0.351 e. The van der Waals surface area contributed by atoms with Gasteiger partial charge in [-0.1, -0.05) is 72.8 Å². The molecule has 0 spiro atoms. The highest BCUT2D eigenvalue weighted by Crippen LogP contribution is 2.45. The van der Waals surface area contributed by atoms with Gasteiger partial charge >= 0.3 is 5.69 Å². The lowest BCUT2D eigenvalue weighted by Crippen LogP contribution is -2.51. The van der Waals surface area contributed by atoms with Crippen molar-refractivity contribution in [3.8, 4) is 17.2 Å². The largest absolute Gasteiger partial charge is 0.497 e. The van der Waals surface area contributed by atoms with Crippen LogP contribution in [0.4, 0.5) is 5.82 Å². The second-order valence-electron chi connectivity index (χ2n) is 14.2. The second-order valence-corrected chi connectivity index (χ2v) is 14.2. The number of hydrogen-bond donors (Lipinski definition) is 2. The number of para-hydroxylation sites is 1. The van der Waals surface area contributed by atoms with Crippen molar-refractivity contribution in [3.63, 3.8) is 0 Å². The summed E-state index contributed by atoms with van der Waals surface area (Å²) >= 11 is 0. The van der Waals surface area contributed by atoms with Crippen LogP contribution < -0.4 is 25.2 Å². The Morgan fingerprint density at radius 3 is 1.85 bits per heavy atom. The first-order chi connectivity index (χ1) is 26.5. The molecule has 1 aromatic heterocycles. The molecule has 4 aromatic carbocycles. The first-order valence-electron chi connectivity index (χ1n) is 17.9. The normalized spacial score (nSPS) is 19.0. The van der Waals surface area contributed by atoms with E-state index in [4.69, 9.17) is 28.4 Å². The number of rotatable bonds is 15. The van der Waals surface area contributed by atoms with Crippen molar-refractivity contribution in [1.29, 1.82) is 0 Å². The summed E-state index contributed by atoms with van der Waals surface area (Å²) in [5.41, 5.74) is -0.475. The van der Waals surface area contributed by atoms with Gasteiger partial charge in [0.2, 0.25) is 5.78 Å². The van der Waals surface area contributed by atoms with E-state index in [1.165, 1.54) is 17.9 Å². The molecule has 1 fully saturated rings. The number of nitrogens with zero attached hydrogens (tertiary/aromatic N) is 2. The molecule has 6 rings (SSSR count).